The normalized spacial score (nSPS) is 11.4. The lowest BCUT2D eigenvalue weighted by molar-refractivity contribution is -0.136. The maximum Gasteiger partial charge on any atom is 0.418 e. The molecule has 1 heterocycles. The Bertz CT molecular complexity index is 602. The number of nitrogens with one attached hydrogen (secondary N) is 1. The Morgan fingerprint density at radius 3 is 2.47 bits per heavy atom. The van der Waals surface area contributed by atoms with Crippen molar-refractivity contribution in [2.24, 2.45) is 0 Å². The van der Waals surface area contributed by atoms with Gasteiger partial charge in [0.15, 0.2) is 5.82 Å². The van der Waals surface area contributed by atoms with Gasteiger partial charge in [0.1, 0.15) is 5.15 Å². The molecule has 0 atom stereocenters. The topological polar surface area (TPSA) is 37.8 Å². The summed E-state index contributed by atoms with van der Waals surface area (Å²) in [4.78, 5) is 7.53. The lowest BCUT2D eigenvalue weighted by atomic mass is 10.1. The summed E-state index contributed by atoms with van der Waals surface area (Å²) in [6, 6.07) is 3.40. The Labute approximate surface area is 116 Å². The third-order valence-electron chi connectivity index (χ3n) is 2.15. The summed E-state index contributed by atoms with van der Waals surface area (Å²) in [5, 5.41) is 2.58. The van der Waals surface area contributed by atoms with Gasteiger partial charge in [0, 0.05) is 5.02 Å². The van der Waals surface area contributed by atoms with Crippen molar-refractivity contribution in [2.45, 2.75) is 6.18 Å². The van der Waals surface area contributed by atoms with E-state index in [1.807, 2.05) is 0 Å². The van der Waals surface area contributed by atoms with Crippen LogP contribution in [0.3, 0.4) is 0 Å². The van der Waals surface area contributed by atoms with E-state index in [1.54, 1.807) is 0 Å². The van der Waals surface area contributed by atoms with Gasteiger partial charge in [-0.2, -0.15) is 13.2 Å². The minimum absolute atomic E-state index is 0.00458. The molecule has 0 unspecified atom stereocenters. The number of alkyl halides is 3. The van der Waals surface area contributed by atoms with Gasteiger partial charge in [0.2, 0.25) is 0 Å². The van der Waals surface area contributed by atoms with Gasteiger partial charge >= 0.3 is 6.18 Å². The molecule has 0 radical (unpaired) electrons. The SMILES string of the molecule is FC(F)(F)c1cc(Cl)ccc1Nc1cncc(Cl)n1. The molecule has 1 aromatic carbocycles. The number of anilines is 2. The Morgan fingerprint density at radius 1 is 1.11 bits per heavy atom. The van der Waals surface area contributed by atoms with E-state index in [2.05, 4.69) is 15.3 Å². The zero-order chi connectivity index (χ0) is 14.0. The molecule has 19 heavy (non-hydrogen) atoms. The lowest BCUT2D eigenvalue weighted by Crippen LogP contribution is -2.09. The number of rotatable bonds is 2. The van der Waals surface area contributed by atoms with Crippen LogP contribution in [0.1, 0.15) is 5.56 Å². The quantitative estimate of drug-likeness (QED) is 0.884. The number of nitrogens with zero attached hydrogens (tertiary/aromatic N) is 2. The van der Waals surface area contributed by atoms with E-state index in [-0.39, 0.29) is 21.7 Å². The molecule has 1 N–H and O–H groups in total. The predicted octanol–water partition coefficient (Wildman–Crippen LogP) is 4.55. The van der Waals surface area contributed by atoms with Gasteiger partial charge in [-0.15, -0.1) is 0 Å². The third-order valence-corrected chi connectivity index (χ3v) is 2.57. The average molecular weight is 308 g/mol. The van der Waals surface area contributed by atoms with E-state index in [0.717, 1.165) is 6.07 Å². The molecule has 0 saturated carbocycles. The predicted molar refractivity (Wildman–Crippen MR) is 66.8 cm³/mol. The highest BCUT2D eigenvalue weighted by Crippen LogP contribution is 2.37. The van der Waals surface area contributed by atoms with Crippen molar-refractivity contribution in [1.29, 1.82) is 0 Å². The summed E-state index contributed by atoms with van der Waals surface area (Å²) < 4.78 is 38.5. The molecule has 0 aliphatic rings. The van der Waals surface area contributed by atoms with Crippen LogP contribution < -0.4 is 5.32 Å². The van der Waals surface area contributed by atoms with Crippen molar-refractivity contribution in [2.75, 3.05) is 5.32 Å². The van der Waals surface area contributed by atoms with Crippen LogP contribution in [0.4, 0.5) is 24.7 Å². The van der Waals surface area contributed by atoms with Crippen LogP contribution in [-0.2, 0) is 6.18 Å². The summed E-state index contributed by atoms with van der Waals surface area (Å²) >= 11 is 11.2. The zero-order valence-electron chi connectivity index (χ0n) is 9.17. The highest BCUT2D eigenvalue weighted by atomic mass is 35.5. The maximum atomic E-state index is 12.8. The van der Waals surface area contributed by atoms with Crippen LogP contribution in [0, 0.1) is 0 Å². The van der Waals surface area contributed by atoms with E-state index in [4.69, 9.17) is 23.2 Å². The second-order valence-corrected chi connectivity index (χ2v) is 4.36. The molecule has 0 fully saturated rings. The molecule has 3 nitrogen and oxygen atoms in total. The summed E-state index contributed by atoms with van der Waals surface area (Å²) in [5.74, 6) is 0.111. The van der Waals surface area contributed by atoms with Crippen molar-refractivity contribution in [3.63, 3.8) is 0 Å². The van der Waals surface area contributed by atoms with Gasteiger partial charge in [0.25, 0.3) is 0 Å². The van der Waals surface area contributed by atoms with Gasteiger partial charge in [-0.3, -0.25) is 4.98 Å². The third kappa shape index (κ3) is 3.48. The van der Waals surface area contributed by atoms with E-state index >= 15 is 0 Å². The van der Waals surface area contributed by atoms with E-state index in [9.17, 15) is 13.2 Å². The van der Waals surface area contributed by atoms with Crippen LogP contribution in [0.2, 0.25) is 10.2 Å². The summed E-state index contributed by atoms with van der Waals surface area (Å²) in [6.45, 7) is 0. The van der Waals surface area contributed by atoms with Crippen molar-refractivity contribution in [3.8, 4) is 0 Å². The molecule has 100 valence electrons. The molecule has 2 aromatic rings. The van der Waals surface area contributed by atoms with E-state index in [0.29, 0.717) is 0 Å². The van der Waals surface area contributed by atoms with Crippen molar-refractivity contribution in [3.05, 3.63) is 46.3 Å². The van der Waals surface area contributed by atoms with Gasteiger partial charge in [0.05, 0.1) is 23.6 Å². The molecule has 0 saturated heterocycles. The summed E-state index contributed by atoms with van der Waals surface area (Å²) in [7, 11) is 0. The highest BCUT2D eigenvalue weighted by molar-refractivity contribution is 6.30. The monoisotopic (exact) mass is 307 g/mol. The maximum absolute atomic E-state index is 12.8. The molecule has 0 aliphatic heterocycles. The minimum atomic E-state index is -4.53. The van der Waals surface area contributed by atoms with Crippen LogP contribution in [0.5, 0.6) is 0 Å². The Balaban J connectivity index is 2.40. The average Bonchev–Trinajstić information content (AvgIpc) is 2.30. The van der Waals surface area contributed by atoms with Gasteiger partial charge in [-0.05, 0) is 18.2 Å². The standard InChI is InChI=1S/C11H6Cl2F3N3/c12-6-1-2-8(7(3-6)11(14,15)16)18-10-5-17-4-9(13)19-10/h1-5H,(H,18,19). The zero-order valence-corrected chi connectivity index (χ0v) is 10.7. The molecule has 0 aliphatic carbocycles. The Kier molecular flexibility index (Phi) is 3.82. The van der Waals surface area contributed by atoms with Gasteiger partial charge in [-0.25, -0.2) is 4.98 Å². The van der Waals surface area contributed by atoms with E-state index in [1.165, 1.54) is 24.5 Å². The molecule has 8 heteroatoms. The second-order valence-electron chi connectivity index (χ2n) is 3.54. The lowest BCUT2D eigenvalue weighted by Gasteiger charge is -2.14. The molecule has 0 amide bonds. The first-order valence-corrected chi connectivity index (χ1v) is 5.73. The molecule has 0 spiro atoms. The molecular formula is C11H6Cl2F3N3. The van der Waals surface area contributed by atoms with Crippen LogP contribution >= 0.6 is 23.2 Å². The first-order chi connectivity index (χ1) is 8.86. The molecule has 0 bridgehead atoms. The molecule has 1 aromatic heterocycles. The largest absolute Gasteiger partial charge is 0.418 e. The van der Waals surface area contributed by atoms with Crippen molar-refractivity contribution < 1.29 is 13.2 Å². The summed E-state index contributed by atoms with van der Waals surface area (Å²) in [6.07, 6.45) is -1.99. The number of benzene rings is 1. The fraction of sp³-hybridized carbons (Fsp3) is 0.0909. The number of hydrogen-bond donors (Lipinski definition) is 1. The van der Waals surface area contributed by atoms with Crippen LogP contribution in [0.15, 0.2) is 30.6 Å². The number of halogens is 5. The summed E-state index contributed by atoms with van der Waals surface area (Å²) in [5.41, 5.74) is -1.06. The van der Waals surface area contributed by atoms with Gasteiger partial charge in [-0.1, -0.05) is 23.2 Å². The van der Waals surface area contributed by atoms with E-state index < -0.39 is 11.7 Å². The Morgan fingerprint density at radius 2 is 1.84 bits per heavy atom. The number of hydrogen-bond acceptors (Lipinski definition) is 3. The Hall–Kier alpha value is -1.53. The van der Waals surface area contributed by atoms with Crippen LogP contribution in [-0.4, -0.2) is 9.97 Å². The fourth-order valence-electron chi connectivity index (χ4n) is 1.40. The van der Waals surface area contributed by atoms with Crippen molar-refractivity contribution in [1.82, 2.24) is 9.97 Å². The number of aromatic nitrogens is 2. The first kappa shape index (κ1) is 13.9. The molecular weight excluding hydrogens is 302 g/mol. The highest BCUT2D eigenvalue weighted by Gasteiger charge is 2.33. The second kappa shape index (κ2) is 5.22. The van der Waals surface area contributed by atoms with Crippen molar-refractivity contribution >= 4 is 34.7 Å². The van der Waals surface area contributed by atoms with Crippen LogP contribution in [0.25, 0.3) is 0 Å². The van der Waals surface area contributed by atoms with Gasteiger partial charge < -0.3 is 5.32 Å². The minimum Gasteiger partial charge on any atom is -0.338 e. The first-order valence-electron chi connectivity index (χ1n) is 4.97. The smallest absolute Gasteiger partial charge is 0.338 e. The fourth-order valence-corrected chi connectivity index (χ4v) is 1.72. The molecule has 2 rings (SSSR count).